The van der Waals surface area contributed by atoms with Crippen molar-refractivity contribution >= 4 is 22.4 Å². The number of hydrogen-bond acceptors (Lipinski definition) is 3. The minimum atomic E-state index is -3.37. The molecule has 18 heavy (non-hydrogen) atoms. The van der Waals surface area contributed by atoms with E-state index in [2.05, 4.69) is 10.0 Å². The molecule has 6 heteroatoms. The highest BCUT2D eigenvalue weighted by molar-refractivity contribution is 7.89. The molecule has 0 aromatic heterocycles. The fourth-order valence-corrected chi connectivity index (χ4v) is 3.23. The van der Waals surface area contributed by atoms with Crippen LogP contribution in [0.3, 0.4) is 0 Å². The van der Waals surface area contributed by atoms with E-state index in [1.807, 2.05) is 19.1 Å². The number of sulfonamides is 1. The summed E-state index contributed by atoms with van der Waals surface area (Å²) in [6.07, 6.45) is 1.92. The number of aryl methyl sites for hydroxylation is 1. The first-order valence-corrected chi connectivity index (χ1v) is 7.36. The quantitative estimate of drug-likeness (QED) is 0.886. The van der Waals surface area contributed by atoms with Crippen molar-refractivity contribution in [2.75, 3.05) is 13.1 Å². The highest BCUT2D eigenvalue weighted by Gasteiger charge is 2.21. The minimum absolute atomic E-state index is 0. The van der Waals surface area contributed by atoms with E-state index in [0.29, 0.717) is 11.4 Å². The van der Waals surface area contributed by atoms with Crippen LogP contribution in [0.1, 0.15) is 18.4 Å². The first-order valence-electron chi connectivity index (χ1n) is 5.88. The molecule has 102 valence electrons. The van der Waals surface area contributed by atoms with E-state index < -0.39 is 10.0 Å². The zero-order valence-electron chi connectivity index (χ0n) is 10.3. The van der Waals surface area contributed by atoms with Gasteiger partial charge in [-0.05, 0) is 38.4 Å². The van der Waals surface area contributed by atoms with Gasteiger partial charge in [-0.2, -0.15) is 0 Å². The molecule has 0 radical (unpaired) electrons. The average molecular weight is 291 g/mol. The van der Waals surface area contributed by atoms with E-state index in [9.17, 15) is 8.42 Å². The number of benzene rings is 1. The van der Waals surface area contributed by atoms with Crippen molar-refractivity contribution in [3.63, 3.8) is 0 Å². The van der Waals surface area contributed by atoms with E-state index in [4.69, 9.17) is 0 Å². The van der Waals surface area contributed by atoms with Crippen LogP contribution >= 0.6 is 12.4 Å². The van der Waals surface area contributed by atoms with Gasteiger partial charge in [0.15, 0.2) is 0 Å². The Labute approximate surface area is 115 Å². The Morgan fingerprint density at radius 3 is 2.50 bits per heavy atom. The van der Waals surface area contributed by atoms with Crippen molar-refractivity contribution in [2.45, 2.75) is 30.7 Å². The van der Waals surface area contributed by atoms with Gasteiger partial charge in [0, 0.05) is 12.6 Å². The monoisotopic (exact) mass is 290 g/mol. The van der Waals surface area contributed by atoms with Crippen molar-refractivity contribution in [3.05, 3.63) is 29.8 Å². The van der Waals surface area contributed by atoms with Crippen LogP contribution in [-0.4, -0.2) is 27.5 Å². The Kier molecular flexibility index (Phi) is 5.59. The molecule has 1 aromatic carbocycles. The lowest BCUT2D eigenvalue weighted by atomic mass is 10.1. The number of rotatable bonds is 3. The maximum absolute atomic E-state index is 12.1. The van der Waals surface area contributed by atoms with Gasteiger partial charge in [0.25, 0.3) is 0 Å². The van der Waals surface area contributed by atoms with Gasteiger partial charge < -0.3 is 5.32 Å². The van der Waals surface area contributed by atoms with Crippen LogP contribution in [0.2, 0.25) is 0 Å². The third kappa shape index (κ3) is 3.95. The van der Waals surface area contributed by atoms with Crippen molar-refractivity contribution in [3.8, 4) is 0 Å². The van der Waals surface area contributed by atoms with E-state index in [1.54, 1.807) is 12.1 Å². The molecule has 0 aliphatic carbocycles. The van der Waals surface area contributed by atoms with E-state index >= 15 is 0 Å². The SMILES string of the molecule is Cc1ccc(S(=O)(=O)N[C@@H]2CCCNC2)cc1.Cl. The first kappa shape index (κ1) is 15.4. The summed E-state index contributed by atoms with van der Waals surface area (Å²) in [6.45, 7) is 3.63. The predicted molar refractivity (Wildman–Crippen MR) is 74.6 cm³/mol. The highest BCUT2D eigenvalue weighted by Crippen LogP contribution is 2.12. The van der Waals surface area contributed by atoms with Crippen LogP contribution in [0, 0.1) is 6.92 Å². The lowest BCUT2D eigenvalue weighted by Gasteiger charge is -2.23. The number of nitrogens with one attached hydrogen (secondary N) is 2. The van der Waals surface area contributed by atoms with Gasteiger partial charge in [-0.3, -0.25) is 0 Å². The van der Waals surface area contributed by atoms with Gasteiger partial charge in [-0.1, -0.05) is 17.7 Å². The third-order valence-electron chi connectivity index (χ3n) is 2.95. The molecular formula is C12H19ClN2O2S. The summed E-state index contributed by atoms with van der Waals surface area (Å²) in [4.78, 5) is 0.341. The lowest BCUT2D eigenvalue weighted by molar-refractivity contribution is 0.428. The zero-order valence-corrected chi connectivity index (χ0v) is 12.0. The third-order valence-corrected chi connectivity index (χ3v) is 4.49. The maximum Gasteiger partial charge on any atom is 0.240 e. The van der Waals surface area contributed by atoms with Crippen LogP contribution in [0.5, 0.6) is 0 Å². The molecule has 1 fully saturated rings. The standard InChI is InChI=1S/C12H18N2O2S.ClH/c1-10-4-6-12(7-5-10)17(15,16)14-11-3-2-8-13-9-11;/h4-7,11,13-14H,2-3,8-9H2,1H3;1H/t11-;/m1./s1. The smallest absolute Gasteiger partial charge is 0.240 e. The summed E-state index contributed by atoms with van der Waals surface area (Å²) in [5.41, 5.74) is 1.06. The van der Waals surface area contributed by atoms with Gasteiger partial charge in [-0.25, -0.2) is 13.1 Å². The molecule has 1 aromatic rings. The zero-order chi connectivity index (χ0) is 12.3. The van der Waals surface area contributed by atoms with Crippen LogP contribution < -0.4 is 10.0 Å². The Bertz CT molecular complexity index is 467. The molecule has 2 N–H and O–H groups in total. The average Bonchev–Trinajstić information content (AvgIpc) is 2.30. The number of halogens is 1. The second-order valence-corrected chi connectivity index (χ2v) is 6.19. The summed E-state index contributed by atoms with van der Waals surface area (Å²) in [6, 6.07) is 6.93. The van der Waals surface area contributed by atoms with E-state index in [1.165, 1.54) is 0 Å². The Hall–Kier alpha value is -0.620. The van der Waals surface area contributed by atoms with Gasteiger partial charge in [0.05, 0.1) is 4.90 Å². The minimum Gasteiger partial charge on any atom is -0.315 e. The largest absolute Gasteiger partial charge is 0.315 e. The summed E-state index contributed by atoms with van der Waals surface area (Å²) in [5, 5.41) is 3.19. The van der Waals surface area contributed by atoms with Crippen LogP contribution in [0.25, 0.3) is 0 Å². The van der Waals surface area contributed by atoms with Crippen LogP contribution in [-0.2, 0) is 10.0 Å². The number of piperidine rings is 1. The molecule has 1 saturated heterocycles. The first-order chi connectivity index (χ1) is 8.08. The van der Waals surface area contributed by atoms with Crippen LogP contribution in [0.15, 0.2) is 29.2 Å². The summed E-state index contributed by atoms with van der Waals surface area (Å²) < 4.78 is 26.9. The maximum atomic E-state index is 12.1. The molecule has 0 spiro atoms. The van der Waals surface area contributed by atoms with Gasteiger partial charge in [0.1, 0.15) is 0 Å². The van der Waals surface area contributed by atoms with E-state index in [-0.39, 0.29) is 18.4 Å². The predicted octanol–water partition coefficient (Wildman–Crippen LogP) is 1.45. The van der Waals surface area contributed by atoms with Crippen molar-refractivity contribution in [2.24, 2.45) is 0 Å². The molecule has 2 rings (SSSR count). The van der Waals surface area contributed by atoms with Crippen molar-refractivity contribution in [1.29, 1.82) is 0 Å². The molecule has 0 saturated carbocycles. The summed E-state index contributed by atoms with van der Waals surface area (Å²) >= 11 is 0. The molecule has 1 aliphatic rings. The van der Waals surface area contributed by atoms with Gasteiger partial charge in [0.2, 0.25) is 10.0 Å². The molecule has 0 amide bonds. The summed E-state index contributed by atoms with van der Waals surface area (Å²) in [7, 11) is -3.37. The number of hydrogen-bond donors (Lipinski definition) is 2. The molecule has 1 heterocycles. The second-order valence-electron chi connectivity index (χ2n) is 4.48. The molecular weight excluding hydrogens is 272 g/mol. The molecule has 0 bridgehead atoms. The summed E-state index contributed by atoms with van der Waals surface area (Å²) in [5.74, 6) is 0. The topological polar surface area (TPSA) is 58.2 Å². The fourth-order valence-electron chi connectivity index (χ4n) is 1.96. The normalized spacial score (nSPS) is 20.2. The van der Waals surface area contributed by atoms with Crippen LogP contribution in [0.4, 0.5) is 0 Å². The molecule has 1 aliphatic heterocycles. The fraction of sp³-hybridized carbons (Fsp3) is 0.500. The lowest BCUT2D eigenvalue weighted by Crippen LogP contribution is -2.45. The Balaban J connectivity index is 0.00000162. The molecule has 0 unspecified atom stereocenters. The van der Waals surface area contributed by atoms with Gasteiger partial charge >= 0.3 is 0 Å². The Morgan fingerprint density at radius 2 is 1.94 bits per heavy atom. The molecule has 1 atom stereocenters. The Morgan fingerprint density at radius 1 is 1.28 bits per heavy atom. The van der Waals surface area contributed by atoms with Crippen molar-refractivity contribution in [1.82, 2.24) is 10.0 Å². The second kappa shape index (κ2) is 6.52. The van der Waals surface area contributed by atoms with Gasteiger partial charge in [-0.15, -0.1) is 12.4 Å². The highest BCUT2D eigenvalue weighted by atomic mass is 35.5. The van der Waals surface area contributed by atoms with Crippen molar-refractivity contribution < 1.29 is 8.42 Å². The molecule has 4 nitrogen and oxygen atoms in total. The van der Waals surface area contributed by atoms with E-state index in [0.717, 1.165) is 24.9 Å².